The van der Waals surface area contributed by atoms with Crippen molar-refractivity contribution in [3.8, 4) is 0 Å². The normalized spacial score (nSPS) is 39.1. The second kappa shape index (κ2) is 10.6. The Morgan fingerprint density at radius 1 is 0.636 bits per heavy atom. The second-order valence-electron chi connectivity index (χ2n) is 15.9. The zero-order valence-electron chi connectivity index (χ0n) is 30.4. The van der Waals surface area contributed by atoms with Crippen LogP contribution in [-0.4, -0.2) is 97.4 Å². The molecule has 0 radical (unpaired) electrons. The molecule has 0 N–H and O–H groups in total. The molecule has 4 bridgehead atoms. The first kappa shape index (κ1) is 34.9. The third-order valence-electron chi connectivity index (χ3n) is 14.3. The Balaban J connectivity index is 1.28. The fourth-order valence-electron chi connectivity index (χ4n) is 11.9. The number of nitrogens with zero attached hydrogens (tertiary/aromatic N) is 5. The number of hydrogen-bond donors (Lipinski definition) is 0. The van der Waals surface area contributed by atoms with E-state index in [1.54, 1.807) is 65.2 Å². The van der Waals surface area contributed by atoms with Crippen molar-refractivity contribution in [2.24, 2.45) is 0 Å². The van der Waals surface area contributed by atoms with E-state index < -0.39 is 52.5 Å². The van der Waals surface area contributed by atoms with E-state index in [9.17, 15) is 0 Å². The Bertz CT molecular complexity index is 2440. The summed E-state index contributed by atoms with van der Waals surface area (Å²) in [4.78, 5) is 62.6. The minimum Gasteiger partial charge on any atom is -0.319 e. The number of benzene rings is 3. The van der Waals surface area contributed by atoms with Crippen molar-refractivity contribution < 1.29 is 27.6 Å². The van der Waals surface area contributed by atoms with Crippen LogP contribution in [0, 0.1) is 0 Å². The first-order valence-corrected chi connectivity index (χ1v) is 24.3. The van der Waals surface area contributed by atoms with Crippen molar-refractivity contribution in [3.05, 3.63) is 95.6 Å². The van der Waals surface area contributed by atoms with Crippen LogP contribution < -0.4 is 4.31 Å². The highest BCUT2D eigenvalue weighted by atomic mass is 33.1. The van der Waals surface area contributed by atoms with Crippen molar-refractivity contribution in [2.45, 2.75) is 93.4 Å². The predicted octanol–water partition coefficient (Wildman–Crippen LogP) is 5.13. The van der Waals surface area contributed by atoms with Gasteiger partial charge in [-0.05, 0) is 54.2 Å². The summed E-state index contributed by atoms with van der Waals surface area (Å²) in [5, 5.41) is 0. The van der Waals surface area contributed by atoms with Gasteiger partial charge in [0.2, 0.25) is 0 Å². The van der Waals surface area contributed by atoms with Gasteiger partial charge in [-0.15, -0.1) is 0 Å². The molecule has 8 atom stereocenters. The average molecular weight is 832 g/mol. The molecule has 8 fully saturated rings. The quantitative estimate of drug-likeness (QED) is 0.321. The molecule has 0 saturated carbocycles. The number of para-hydroxylation sites is 1. The lowest BCUT2D eigenvalue weighted by Crippen LogP contribution is -2.77. The monoisotopic (exact) mass is 831 g/mol. The van der Waals surface area contributed by atoms with Crippen LogP contribution in [0.25, 0.3) is 0 Å². The van der Waals surface area contributed by atoms with Crippen LogP contribution in [0.15, 0.2) is 83.8 Å². The molecule has 1 aliphatic carbocycles. The van der Waals surface area contributed by atoms with Crippen molar-refractivity contribution in [3.63, 3.8) is 0 Å². The van der Waals surface area contributed by atoms with E-state index >= 15 is 27.6 Å². The summed E-state index contributed by atoms with van der Waals surface area (Å²) < 4.78 is 32.4. The minimum atomic E-state index is -4.38. The van der Waals surface area contributed by atoms with E-state index in [1.165, 1.54) is 47.5 Å². The van der Waals surface area contributed by atoms with E-state index in [2.05, 4.69) is 12.1 Å². The number of likely N-dealkylation sites (N-methyl/N-ethyl adjacent to an activating group) is 2. The molecular weight excluding hydrogens is 795 g/mol. The van der Waals surface area contributed by atoms with Crippen LogP contribution in [0.1, 0.15) is 56.2 Å². The summed E-state index contributed by atoms with van der Waals surface area (Å²) in [6.45, 7) is 3.82. The Morgan fingerprint density at radius 2 is 1.16 bits per heavy atom. The Morgan fingerprint density at radius 3 is 1.80 bits per heavy atom. The van der Waals surface area contributed by atoms with Crippen LogP contribution >= 0.6 is 43.2 Å². The fourth-order valence-corrected chi connectivity index (χ4v) is 21.4. The van der Waals surface area contributed by atoms with Crippen LogP contribution in [0.4, 0.5) is 5.69 Å². The van der Waals surface area contributed by atoms with Gasteiger partial charge in [0.1, 0.15) is 6.17 Å². The lowest BCUT2D eigenvalue weighted by Gasteiger charge is -2.59. The standard InChI is InChI=1S/C39H37N5O6S5/c1-5-36-32(47)42-28-20-23-14-10-11-17-25(23)34(28,21-38(42,53-51-36)30(45)40(36)3)35-22-39-31(46)41(4)37(6-2,52-54-39)33(48)43(39)29(35)44(27-19-13-12-18-26(27)35)55(49,50)24-15-8-7-9-16-24/h7-19,28-29H,5-6,20-22H2,1-4H3/t28-,29-,34?,35-,36-,37-,38-,39-/m0/s1. The van der Waals surface area contributed by atoms with E-state index in [0.29, 0.717) is 30.5 Å². The summed E-state index contributed by atoms with van der Waals surface area (Å²) >= 11 is 0. The first-order valence-electron chi connectivity index (χ1n) is 18.6. The number of anilines is 1. The summed E-state index contributed by atoms with van der Waals surface area (Å²) in [6, 6.07) is 23.2. The number of hydrogen-bond acceptors (Lipinski definition) is 10. The smallest absolute Gasteiger partial charge is 0.266 e. The molecule has 9 heterocycles. The minimum absolute atomic E-state index is 0.0672. The molecule has 2 spiro atoms. The van der Waals surface area contributed by atoms with E-state index in [0.717, 1.165) is 11.1 Å². The molecule has 0 aromatic heterocycles. The van der Waals surface area contributed by atoms with Gasteiger partial charge in [0.05, 0.1) is 16.0 Å². The van der Waals surface area contributed by atoms with Crippen LogP contribution in [-0.2, 0) is 46.5 Å². The van der Waals surface area contributed by atoms with Gasteiger partial charge < -0.3 is 14.7 Å². The Kier molecular flexibility index (Phi) is 6.72. The predicted molar refractivity (Wildman–Crippen MR) is 214 cm³/mol. The van der Waals surface area contributed by atoms with Crippen LogP contribution in [0.3, 0.4) is 0 Å². The number of carbonyl (C=O) groups excluding carboxylic acids is 4. The van der Waals surface area contributed by atoms with Gasteiger partial charge in [0.25, 0.3) is 33.7 Å². The summed E-state index contributed by atoms with van der Waals surface area (Å²) in [7, 11) is 4.68. The number of fused-ring (bicyclic) bond motifs is 11. The molecule has 9 aliphatic heterocycles. The molecule has 3 aromatic carbocycles. The van der Waals surface area contributed by atoms with E-state index in [4.69, 9.17) is 0 Å². The lowest BCUT2D eigenvalue weighted by molar-refractivity contribution is -0.165. The zero-order chi connectivity index (χ0) is 38.3. The highest BCUT2D eigenvalue weighted by molar-refractivity contribution is 8.78. The maximum Gasteiger partial charge on any atom is 0.266 e. The number of sulfonamides is 1. The maximum absolute atomic E-state index is 15.5. The largest absolute Gasteiger partial charge is 0.319 e. The van der Waals surface area contributed by atoms with Gasteiger partial charge in [0.15, 0.2) is 19.5 Å². The highest BCUT2D eigenvalue weighted by Crippen LogP contribution is 2.80. The second-order valence-corrected chi connectivity index (χ2v) is 23.1. The van der Waals surface area contributed by atoms with E-state index in [-0.39, 0.29) is 41.4 Å². The van der Waals surface area contributed by atoms with Crippen LogP contribution in [0.5, 0.6) is 0 Å². The summed E-state index contributed by atoms with van der Waals surface area (Å²) in [5.74, 6) is -0.806. The van der Waals surface area contributed by atoms with Crippen LogP contribution in [0.2, 0.25) is 0 Å². The number of amides is 4. The molecule has 16 heteroatoms. The van der Waals surface area contributed by atoms with Crippen molar-refractivity contribution in [1.29, 1.82) is 0 Å². The zero-order valence-corrected chi connectivity index (χ0v) is 34.5. The summed E-state index contributed by atoms with van der Waals surface area (Å²) in [6.07, 6.45) is 0.290. The molecule has 55 heavy (non-hydrogen) atoms. The molecule has 11 nitrogen and oxygen atoms in total. The van der Waals surface area contributed by atoms with Crippen molar-refractivity contribution >= 4 is 82.5 Å². The molecule has 284 valence electrons. The Hall–Kier alpha value is -3.31. The molecule has 1 unspecified atom stereocenters. The third kappa shape index (κ3) is 3.41. The average Bonchev–Trinajstić information content (AvgIpc) is 3.88. The highest BCUT2D eigenvalue weighted by Gasteiger charge is 2.88. The number of rotatable bonds is 5. The summed E-state index contributed by atoms with van der Waals surface area (Å²) in [5.41, 5.74) is 0.707. The molecule has 3 aromatic rings. The maximum atomic E-state index is 15.5. The van der Waals surface area contributed by atoms with Gasteiger partial charge in [0, 0.05) is 38.4 Å². The topological polar surface area (TPSA) is 119 Å². The van der Waals surface area contributed by atoms with Crippen molar-refractivity contribution in [1.82, 2.24) is 19.6 Å². The van der Waals surface area contributed by atoms with Crippen molar-refractivity contribution in [2.75, 3.05) is 18.4 Å². The van der Waals surface area contributed by atoms with Gasteiger partial charge >= 0.3 is 0 Å². The first-order chi connectivity index (χ1) is 26.3. The van der Waals surface area contributed by atoms with E-state index in [1.807, 2.05) is 49.1 Å². The number of carbonyl (C=O) groups is 4. The molecular formula is C39H37N5O6S5. The SMILES string of the molecule is CC[C@]12SS[C@@]3(CC4([C@]56C[C@@]78SS[C@@](CC)(C(=O)N7[C@H]5N(S(=O)(=O)c5ccccc5)c5ccccc56)N(C)C8=O)c5ccccc5C[C@@H]4N3C1=O)C(=O)N2C. The lowest BCUT2D eigenvalue weighted by atomic mass is 9.53. The number of piperazine rings is 2. The molecule has 10 aliphatic rings. The Labute approximate surface area is 335 Å². The van der Waals surface area contributed by atoms with Gasteiger partial charge in [-0.2, -0.15) is 0 Å². The van der Waals surface area contributed by atoms with Gasteiger partial charge in [-0.25, -0.2) is 12.7 Å². The van der Waals surface area contributed by atoms with Gasteiger partial charge in [-0.1, -0.05) is 118 Å². The third-order valence-corrected chi connectivity index (χ3v) is 23.7. The van der Waals surface area contributed by atoms with Gasteiger partial charge in [-0.3, -0.25) is 24.1 Å². The molecule has 4 amide bonds. The molecule has 13 rings (SSSR count). The fraction of sp³-hybridized carbons (Fsp3) is 0.436. The molecule has 8 saturated heterocycles.